The number of aromatic nitrogens is 4. The molecule has 0 fully saturated rings. The minimum absolute atomic E-state index is 0.362. The summed E-state index contributed by atoms with van der Waals surface area (Å²) in [5.41, 5.74) is 4.82. The van der Waals surface area contributed by atoms with Crippen LogP contribution in [0.15, 0.2) is 30.5 Å². The maximum absolute atomic E-state index is 6.01. The molecule has 0 unspecified atom stereocenters. The van der Waals surface area contributed by atoms with Crippen LogP contribution in [-0.2, 0) is 12.4 Å². The quantitative estimate of drug-likeness (QED) is 0.694. The molecule has 0 saturated carbocycles. The van der Waals surface area contributed by atoms with Gasteiger partial charge in [-0.2, -0.15) is 0 Å². The van der Waals surface area contributed by atoms with Crippen molar-refractivity contribution < 1.29 is 0 Å². The van der Waals surface area contributed by atoms with Crippen LogP contribution in [0, 0.1) is 13.8 Å². The number of imidazole rings is 1. The second-order valence-corrected chi connectivity index (χ2v) is 5.14. The van der Waals surface area contributed by atoms with Gasteiger partial charge in [-0.05, 0) is 37.6 Å². The summed E-state index contributed by atoms with van der Waals surface area (Å²) in [5, 5.41) is 0. The lowest BCUT2D eigenvalue weighted by atomic mass is 10.3. The summed E-state index contributed by atoms with van der Waals surface area (Å²) in [7, 11) is 0. The highest BCUT2D eigenvalue weighted by Gasteiger charge is 2.12. The van der Waals surface area contributed by atoms with E-state index in [1.54, 1.807) is 0 Å². The SMILES string of the molecule is Cc1cnc2c(c1)nc(CCl)n2Cc1cccc(C)n1. The molecule has 0 atom stereocenters. The van der Waals surface area contributed by atoms with Crippen molar-refractivity contribution >= 4 is 22.8 Å². The highest BCUT2D eigenvalue weighted by Crippen LogP contribution is 2.18. The second kappa shape index (κ2) is 5.21. The van der Waals surface area contributed by atoms with Gasteiger partial charge in [0.05, 0.1) is 18.1 Å². The number of alkyl halides is 1. The second-order valence-electron chi connectivity index (χ2n) is 4.87. The topological polar surface area (TPSA) is 43.6 Å². The molecule has 102 valence electrons. The van der Waals surface area contributed by atoms with Crippen molar-refractivity contribution in [3.63, 3.8) is 0 Å². The average molecular weight is 287 g/mol. The van der Waals surface area contributed by atoms with Gasteiger partial charge in [0, 0.05) is 11.9 Å². The number of pyridine rings is 2. The number of halogens is 1. The molecule has 3 aromatic rings. The fraction of sp³-hybridized carbons (Fsp3) is 0.267. The normalized spacial score (nSPS) is 11.2. The van der Waals surface area contributed by atoms with Crippen LogP contribution in [0.3, 0.4) is 0 Å². The maximum atomic E-state index is 6.01. The van der Waals surface area contributed by atoms with Crippen molar-refractivity contribution in [2.75, 3.05) is 0 Å². The molecule has 0 aliphatic carbocycles. The van der Waals surface area contributed by atoms with E-state index in [2.05, 4.69) is 15.0 Å². The molecular weight excluding hydrogens is 272 g/mol. The molecule has 0 radical (unpaired) electrons. The number of fused-ring (bicyclic) bond motifs is 1. The zero-order chi connectivity index (χ0) is 14.1. The molecule has 4 nitrogen and oxygen atoms in total. The summed E-state index contributed by atoms with van der Waals surface area (Å²) in [5.74, 6) is 1.18. The summed E-state index contributed by atoms with van der Waals surface area (Å²) < 4.78 is 2.03. The third-order valence-corrected chi connectivity index (χ3v) is 3.43. The van der Waals surface area contributed by atoms with E-state index in [4.69, 9.17) is 11.6 Å². The average Bonchev–Trinajstić information content (AvgIpc) is 2.76. The first kappa shape index (κ1) is 13.1. The predicted molar refractivity (Wildman–Crippen MR) is 79.9 cm³/mol. The van der Waals surface area contributed by atoms with Crippen molar-refractivity contribution in [1.29, 1.82) is 0 Å². The van der Waals surface area contributed by atoms with Gasteiger partial charge in [0.1, 0.15) is 11.3 Å². The molecule has 3 aromatic heterocycles. The van der Waals surface area contributed by atoms with Crippen molar-refractivity contribution in [3.8, 4) is 0 Å². The standard InChI is InChI=1S/C15H15ClN4/c1-10-6-13-15(17-8-10)20(14(7-16)19-13)9-12-5-3-4-11(2)18-12/h3-6,8H,7,9H2,1-2H3. The van der Waals surface area contributed by atoms with Gasteiger partial charge in [0.25, 0.3) is 0 Å². The molecule has 0 bridgehead atoms. The molecule has 3 rings (SSSR count). The first-order chi connectivity index (χ1) is 9.67. The number of hydrogen-bond donors (Lipinski definition) is 0. The minimum atomic E-state index is 0.362. The Labute approximate surface area is 122 Å². The Morgan fingerprint density at radius 1 is 1.20 bits per heavy atom. The highest BCUT2D eigenvalue weighted by molar-refractivity contribution is 6.16. The van der Waals surface area contributed by atoms with Crippen molar-refractivity contribution in [1.82, 2.24) is 19.5 Å². The van der Waals surface area contributed by atoms with Gasteiger partial charge in [-0.3, -0.25) is 4.98 Å². The van der Waals surface area contributed by atoms with Gasteiger partial charge in [-0.25, -0.2) is 9.97 Å². The van der Waals surface area contributed by atoms with Gasteiger partial charge in [0.15, 0.2) is 5.65 Å². The summed E-state index contributed by atoms with van der Waals surface area (Å²) >= 11 is 6.01. The van der Waals surface area contributed by atoms with Crippen molar-refractivity contribution in [2.45, 2.75) is 26.3 Å². The van der Waals surface area contributed by atoms with Gasteiger partial charge >= 0.3 is 0 Å². The largest absolute Gasteiger partial charge is 0.306 e. The molecule has 0 amide bonds. The van der Waals surface area contributed by atoms with E-state index in [-0.39, 0.29) is 0 Å². The lowest BCUT2D eigenvalue weighted by molar-refractivity contribution is 0.748. The van der Waals surface area contributed by atoms with Crippen LogP contribution >= 0.6 is 11.6 Å². The third-order valence-electron chi connectivity index (χ3n) is 3.19. The van der Waals surface area contributed by atoms with Gasteiger partial charge < -0.3 is 4.57 Å². The fourth-order valence-electron chi connectivity index (χ4n) is 2.28. The number of nitrogens with zero attached hydrogens (tertiary/aromatic N) is 4. The fourth-order valence-corrected chi connectivity index (χ4v) is 2.48. The molecule has 3 heterocycles. The van der Waals surface area contributed by atoms with Crippen LogP contribution in [0.2, 0.25) is 0 Å². The Kier molecular flexibility index (Phi) is 3.40. The molecule has 0 aromatic carbocycles. The van der Waals surface area contributed by atoms with E-state index >= 15 is 0 Å². The summed E-state index contributed by atoms with van der Waals surface area (Å²) in [4.78, 5) is 13.6. The number of rotatable bonds is 3. The van der Waals surface area contributed by atoms with Crippen molar-refractivity contribution in [3.05, 3.63) is 53.2 Å². The smallest absolute Gasteiger partial charge is 0.160 e. The van der Waals surface area contributed by atoms with Crippen LogP contribution < -0.4 is 0 Å². The Balaban J connectivity index is 2.10. The Bertz CT molecular complexity index is 764. The predicted octanol–water partition coefficient (Wildman–Crippen LogP) is 3.23. The van der Waals surface area contributed by atoms with Crippen LogP contribution in [0.25, 0.3) is 11.2 Å². The summed E-state index contributed by atoms with van der Waals surface area (Å²) in [6, 6.07) is 8.03. The molecular formula is C15H15ClN4. The summed E-state index contributed by atoms with van der Waals surface area (Å²) in [6.45, 7) is 4.63. The lowest BCUT2D eigenvalue weighted by Gasteiger charge is -2.07. The van der Waals surface area contributed by atoms with Crippen LogP contribution in [0.4, 0.5) is 0 Å². The van der Waals surface area contributed by atoms with Crippen LogP contribution in [-0.4, -0.2) is 19.5 Å². The zero-order valence-corrected chi connectivity index (χ0v) is 12.2. The van der Waals surface area contributed by atoms with Crippen molar-refractivity contribution in [2.24, 2.45) is 0 Å². The van der Waals surface area contributed by atoms with E-state index in [1.165, 1.54) is 0 Å². The molecule has 0 spiro atoms. The van der Waals surface area contributed by atoms with Crippen LogP contribution in [0.5, 0.6) is 0 Å². The lowest BCUT2D eigenvalue weighted by Crippen LogP contribution is -2.06. The molecule has 0 saturated heterocycles. The first-order valence-electron chi connectivity index (χ1n) is 6.47. The Hall–Kier alpha value is -1.94. The molecule has 0 aliphatic heterocycles. The van der Waals surface area contributed by atoms with Gasteiger partial charge in [-0.1, -0.05) is 6.07 Å². The molecule has 0 aliphatic rings. The number of hydrogen-bond acceptors (Lipinski definition) is 3. The van der Waals surface area contributed by atoms with E-state index in [9.17, 15) is 0 Å². The first-order valence-corrected chi connectivity index (χ1v) is 7.01. The van der Waals surface area contributed by atoms with E-state index in [1.807, 2.05) is 48.9 Å². The third kappa shape index (κ3) is 2.39. The van der Waals surface area contributed by atoms with Gasteiger partial charge in [0.2, 0.25) is 0 Å². The highest BCUT2D eigenvalue weighted by atomic mass is 35.5. The van der Waals surface area contributed by atoms with Gasteiger partial charge in [-0.15, -0.1) is 11.6 Å². The summed E-state index contributed by atoms with van der Waals surface area (Å²) in [6.07, 6.45) is 1.85. The van der Waals surface area contributed by atoms with Crippen LogP contribution in [0.1, 0.15) is 22.8 Å². The minimum Gasteiger partial charge on any atom is -0.306 e. The molecule has 20 heavy (non-hydrogen) atoms. The molecule has 0 N–H and O–H groups in total. The Morgan fingerprint density at radius 2 is 2.05 bits per heavy atom. The number of aryl methyl sites for hydroxylation is 2. The zero-order valence-electron chi connectivity index (χ0n) is 11.5. The van der Waals surface area contributed by atoms with E-state index < -0.39 is 0 Å². The Morgan fingerprint density at radius 3 is 2.80 bits per heavy atom. The van der Waals surface area contributed by atoms with E-state index in [0.717, 1.165) is 33.9 Å². The maximum Gasteiger partial charge on any atom is 0.160 e. The molecule has 5 heteroatoms. The monoisotopic (exact) mass is 286 g/mol. The van der Waals surface area contributed by atoms with E-state index in [0.29, 0.717) is 12.4 Å².